The van der Waals surface area contributed by atoms with E-state index in [1.165, 1.54) is 10.9 Å². The summed E-state index contributed by atoms with van der Waals surface area (Å²) < 4.78 is 11.5. The molecule has 1 spiro atoms. The van der Waals surface area contributed by atoms with E-state index >= 15 is 0 Å². The number of ether oxygens (including phenoxy) is 2. The third-order valence-electron chi connectivity index (χ3n) is 4.58. The first-order valence-electron chi connectivity index (χ1n) is 7.43. The molecule has 3 heteroatoms. The quantitative estimate of drug-likeness (QED) is 0.807. The second-order valence-corrected chi connectivity index (χ2v) is 5.80. The Morgan fingerprint density at radius 1 is 0.864 bits per heavy atom. The molecule has 5 rings (SSSR count). The molecule has 0 unspecified atom stereocenters. The van der Waals surface area contributed by atoms with Crippen molar-refractivity contribution in [1.82, 2.24) is 0 Å². The van der Waals surface area contributed by atoms with Crippen molar-refractivity contribution in [3.8, 4) is 0 Å². The topological polar surface area (TPSA) is 38.7 Å². The van der Waals surface area contributed by atoms with Crippen molar-refractivity contribution in [2.45, 2.75) is 5.79 Å². The zero-order valence-corrected chi connectivity index (χ0v) is 11.9. The first-order valence-corrected chi connectivity index (χ1v) is 7.43. The van der Waals surface area contributed by atoms with E-state index in [2.05, 4.69) is 24.3 Å². The molecule has 1 N–H and O–H groups in total. The van der Waals surface area contributed by atoms with Crippen LogP contribution in [-0.2, 0) is 9.47 Å². The van der Waals surface area contributed by atoms with Crippen molar-refractivity contribution in [3.63, 3.8) is 0 Å². The van der Waals surface area contributed by atoms with Crippen LogP contribution in [0.25, 0.3) is 34.8 Å². The van der Waals surface area contributed by atoms with Crippen LogP contribution in [0.5, 0.6) is 0 Å². The van der Waals surface area contributed by atoms with E-state index in [1.807, 2.05) is 24.3 Å². The first kappa shape index (κ1) is 12.2. The number of rotatable bonds is 0. The Bertz CT molecular complexity index is 989. The Morgan fingerprint density at radius 2 is 1.64 bits per heavy atom. The van der Waals surface area contributed by atoms with Crippen molar-refractivity contribution in [2.24, 2.45) is 0 Å². The van der Waals surface area contributed by atoms with E-state index in [0.717, 1.165) is 21.4 Å². The van der Waals surface area contributed by atoms with Crippen LogP contribution < -0.4 is 10.4 Å². The molecule has 2 aromatic carbocycles. The summed E-state index contributed by atoms with van der Waals surface area (Å²) >= 11 is 0. The van der Waals surface area contributed by atoms with Crippen LogP contribution in [0.4, 0.5) is 0 Å². The molecule has 1 fully saturated rings. The molecule has 2 aliphatic carbocycles. The van der Waals surface area contributed by atoms with Crippen molar-refractivity contribution >= 4 is 34.8 Å². The van der Waals surface area contributed by atoms with E-state index in [1.54, 1.807) is 6.08 Å². The third kappa shape index (κ3) is 1.52. The standard InChI is InChI=1S/C19H14O3/c20-18-6-5-16-15-2-1-12-11-19(21-9-10-22-19)8-7-13(12)14(15)3-4-17(16)18/h1-8,11,20H,9-10H2. The fourth-order valence-electron chi connectivity index (χ4n) is 3.52. The molecule has 0 atom stereocenters. The Kier molecular flexibility index (Phi) is 2.27. The van der Waals surface area contributed by atoms with Gasteiger partial charge in [0, 0.05) is 5.22 Å². The SMILES string of the molecule is OC1=c2ccc3c4c(ccc3c2C=C1)=CC1(C=C4)OCCO1. The lowest BCUT2D eigenvalue weighted by Gasteiger charge is -2.23. The Hall–Kier alpha value is -2.36. The minimum atomic E-state index is -0.691. The molecule has 1 aliphatic heterocycles. The molecule has 0 bridgehead atoms. The minimum absolute atomic E-state index is 0.337. The van der Waals surface area contributed by atoms with Crippen LogP contribution in [0, 0.1) is 0 Å². The summed E-state index contributed by atoms with van der Waals surface area (Å²) in [5.74, 6) is -0.355. The lowest BCUT2D eigenvalue weighted by Crippen LogP contribution is -2.30. The molecule has 3 nitrogen and oxygen atoms in total. The number of fused-ring (bicyclic) bond motifs is 5. The molecule has 0 radical (unpaired) electrons. The van der Waals surface area contributed by atoms with Gasteiger partial charge in [-0.2, -0.15) is 0 Å². The lowest BCUT2D eigenvalue weighted by molar-refractivity contribution is -0.0602. The van der Waals surface area contributed by atoms with Gasteiger partial charge in [-0.3, -0.25) is 0 Å². The highest BCUT2D eigenvalue weighted by atomic mass is 16.7. The fraction of sp³-hybridized carbons (Fsp3) is 0.158. The number of hydrogen-bond donors (Lipinski definition) is 1. The molecule has 2 aromatic rings. The fourth-order valence-corrected chi connectivity index (χ4v) is 3.52. The summed E-state index contributed by atoms with van der Waals surface area (Å²) in [4.78, 5) is 0. The van der Waals surface area contributed by atoms with Crippen LogP contribution in [0.1, 0.15) is 11.1 Å². The normalized spacial score (nSPS) is 20.5. The van der Waals surface area contributed by atoms with Crippen LogP contribution >= 0.6 is 0 Å². The highest BCUT2D eigenvalue weighted by Gasteiger charge is 2.33. The van der Waals surface area contributed by atoms with Gasteiger partial charge in [0.2, 0.25) is 5.79 Å². The molecule has 0 saturated carbocycles. The zero-order valence-electron chi connectivity index (χ0n) is 11.9. The van der Waals surface area contributed by atoms with Gasteiger partial charge in [0.05, 0.1) is 13.2 Å². The van der Waals surface area contributed by atoms with E-state index < -0.39 is 5.79 Å². The Labute approximate surface area is 127 Å². The zero-order chi connectivity index (χ0) is 14.7. The average Bonchev–Trinajstić information content (AvgIpc) is 3.14. The maximum atomic E-state index is 9.90. The lowest BCUT2D eigenvalue weighted by atomic mass is 9.94. The summed E-state index contributed by atoms with van der Waals surface area (Å²) in [5, 5.41) is 14.2. The predicted molar refractivity (Wildman–Crippen MR) is 86.4 cm³/mol. The highest BCUT2D eigenvalue weighted by Crippen LogP contribution is 2.29. The number of benzene rings is 2. The maximum Gasteiger partial charge on any atom is 0.209 e. The maximum absolute atomic E-state index is 9.90. The minimum Gasteiger partial charge on any atom is -0.507 e. The summed E-state index contributed by atoms with van der Waals surface area (Å²) in [7, 11) is 0. The Morgan fingerprint density at radius 3 is 2.50 bits per heavy atom. The largest absolute Gasteiger partial charge is 0.507 e. The Balaban J connectivity index is 1.83. The highest BCUT2D eigenvalue weighted by molar-refractivity contribution is 5.99. The van der Waals surface area contributed by atoms with Gasteiger partial charge in [0.25, 0.3) is 0 Å². The van der Waals surface area contributed by atoms with Crippen molar-refractivity contribution in [1.29, 1.82) is 0 Å². The predicted octanol–water partition coefficient (Wildman–Crippen LogP) is 2.08. The number of aliphatic hydroxyl groups excluding tert-OH is 1. The summed E-state index contributed by atoms with van der Waals surface area (Å²) in [5.41, 5.74) is 2.25. The second kappa shape index (κ2) is 4.09. The molecule has 1 heterocycles. The van der Waals surface area contributed by atoms with Crippen molar-refractivity contribution in [3.05, 3.63) is 58.0 Å². The van der Waals surface area contributed by atoms with Crippen molar-refractivity contribution < 1.29 is 14.6 Å². The number of aliphatic hydroxyl groups is 1. The smallest absolute Gasteiger partial charge is 0.209 e. The monoisotopic (exact) mass is 290 g/mol. The van der Waals surface area contributed by atoms with Gasteiger partial charge >= 0.3 is 0 Å². The van der Waals surface area contributed by atoms with Crippen LogP contribution in [0.3, 0.4) is 0 Å². The van der Waals surface area contributed by atoms with Gasteiger partial charge in [-0.1, -0.05) is 30.3 Å². The molecule has 0 amide bonds. The van der Waals surface area contributed by atoms with E-state index in [-0.39, 0.29) is 0 Å². The van der Waals surface area contributed by atoms with Gasteiger partial charge in [0.15, 0.2) is 0 Å². The van der Waals surface area contributed by atoms with Crippen LogP contribution in [0.15, 0.2) is 36.4 Å². The van der Waals surface area contributed by atoms with E-state index in [9.17, 15) is 5.11 Å². The van der Waals surface area contributed by atoms with Gasteiger partial charge in [-0.15, -0.1) is 0 Å². The molecule has 1 saturated heterocycles. The average molecular weight is 290 g/mol. The van der Waals surface area contributed by atoms with Gasteiger partial charge < -0.3 is 14.6 Å². The van der Waals surface area contributed by atoms with Gasteiger partial charge in [-0.25, -0.2) is 0 Å². The third-order valence-corrected chi connectivity index (χ3v) is 4.58. The summed E-state index contributed by atoms with van der Waals surface area (Å²) in [6, 6.07) is 8.25. The van der Waals surface area contributed by atoms with Crippen molar-refractivity contribution in [2.75, 3.05) is 13.2 Å². The summed E-state index contributed by atoms with van der Waals surface area (Å²) in [6.07, 6.45) is 9.83. The second-order valence-electron chi connectivity index (χ2n) is 5.80. The molecular weight excluding hydrogens is 276 g/mol. The molecular formula is C19H14O3. The molecule has 22 heavy (non-hydrogen) atoms. The first-order chi connectivity index (χ1) is 10.8. The molecule has 3 aliphatic rings. The van der Waals surface area contributed by atoms with Gasteiger partial charge in [0.1, 0.15) is 5.76 Å². The van der Waals surface area contributed by atoms with E-state index in [0.29, 0.717) is 19.0 Å². The van der Waals surface area contributed by atoms with Gasteiger partial charge in [-0.05, 0) is 51.4 Å². The van der Waals surface area contributed by atoms with Crippen LogP contribution in [0.2, 0.25) is 0 Å². The number of hydrogen-bond acceptors (Lipinski definition) is 3. The molecule has 108 valence electrons. The molecule has 0 aromatic heterocycles. The summed E-state index contributed by atoms with van der Waals surface area (Å²) in [6.45, 7) is 1.24. The van der Waals surface area contributed by atoms with Crippen LogP contribution in [-0.4, -0.2) is 24.1 Å². The van der Waals surface area contributed by atoms with E-state index in [4.69, 9.17) is 9.47 Å².